The summed E-state index contributed by atoms with van der Waals surface area (Å²) in [5, 5.41) is 32.2. The van der Waals surface area contributed by atoms with E-state index in [0.717, 1.165) is 12.8 Å². The standard InChI is InChI=1S/C8H14O4.C4H4O4/c9-7(10)5-3-1-2-4-6-8(11)12;5-3(6)1-2-4(7)8/h1-6H2,(H,9,10)(H,11,12);1-2H,(H,5,6)(H,7,8). The Morgan fingerprint density at radius 2 is 0.900 bits per heavy atom. The van der Waals surface area contributed by atoms with Gasteiger partial charge in [-0.15, -0.1) is 0 Å². The van der Waals surface area contributed by atoms with E-state index in [4.69, 9.17) is 20.4 Å². The van der Waals surface area contributed by atoms with Gasteiger partial charge in [-0.25, -0.2) is 9.59 Å². The molecule has 114 valence electrons. The Hall–Kier alpha value is -2.38. The molecule has 0 radical (unpaired) electrons. The smallest absolute Gasteiger partial charge is 0.328 e. The van der Waals surface area contributed by atoms with Gasteiger partial charge in [0, 0.05) is 25.0 Å². The van der Waals surface area contributed by atoms with Crippen molar-refractivity contribution in [3.05, 3.63) is 12.2 Å². The molecule has 8 heteroatoms. The van der Waals surface area contributed by atoms with Crippen molar-refractivity contribution in [2.24, 2.45) is 0 Å². The van der Waals surface area contributed by atoms with Gasteiger partial charge in [-0.3, -0.25) is 9.59 Å². The van der Waals surface area contributed by atoms with E-state index in [-0.39, 0.29) is 12.8 Å². The maximum absolute atomic E-state index is 10.0. The van der Waals surface area contributed by atoms with E-state index in [0.29, 0.717) is 25.0 Å². The average Bonchev–Trinajstić information content (AvgIpc) is 2.31. The fraction of sp³-hybridized carbons (Fsp3) is 0.500. The van der Waals surface area contributed by atoms with Gasteiger partial charge in [0.2, 0.25) is 0 Å². The van der Waals surface area contributed by atoms with Crippen LogP contribution in [0.5, 0.6) is 0 Å². The summed E-state index contributed by atoms with van der Waals surface area (Å²) in [6, 6.07) is 0. The van der Waals surface area contributed by atoms with Crippen LogP contribution < -0.4 is 0 Å². The molecule has 8 nitrogen and oxygen atoms in total. The van der Waals surface area contributed by atoms with Gasteiger partial charge in [0.15, 0.2) is 0 Å². The maximum atomic E-state index is 10.0. The van der Waals surface area contributed by atoms with Crippen LogP contribution in [0.3, 0.4) is 0 Å². The summed E-state index contributed by atoms with van der Waals surface area (Å²) in [5.41, 5.74) is 0. The first-order valence-corrected chi connectivity index (χ1v) is 5.83. The molecule has 0 aliphatic rings. The Kier molecular flexibility index (Phi) is 13.0. The van der Waals surface area contributed by atoms with Crippen molar-refractivity contribution in [2.45, 2.75) is 38.5 Å². The molecule has 0 aromatic carbocycles. The van der Waals surface area contributed by atoms with Crippen LogP contribution in [-0.2, 0) is 19.2 Å². The summed E-state index contributed by atoms with van der Waals surface area (Å²) in [6.45, 7) is 0. The lowest BCUT2D eigenvalue weighted by Crippen LogP contribution is -1.95. The van der Waals surface area contributed by atoms with Gasteiger partial charge in [0.25, 0.3) is 0 Å². The maximum Gasteiger partial charge on any atom is 0.328 e. The minimum Gasteiger partial charge on any atom is -0.481 e. The molecule has 0 aromatic rings. The van der Waals surface area contributed by atoms with E-state index >= 15 is 0 Å². The van der Waals surface area contributed by atoms with Crippen molar-refractivity contribution >= 4 is 23.9 Å². The number of carboxylic acid groups (broad SMARTS) is 4. The van der Waals surface area contributed by atoms with Gasteiger partial charge in [-0.1, -0.05) is 12.8 Å². The lowest BCUT2D eigenvalue weighted by atomic mass is 10.1. The topological polar surface area (TPSA) is 149 Å². The minimum atomic E-state index is -1.26. The predicted molar refractivity (Wildman–Crippen MR) is 67.4 cm³/mol. The summed E-state index contributed by atoms with van der Waals surface area (Å²) in [6.07, 6.45) is 4.40. The third-order valence-electron chi connectivity index (χ3n) is 1.90. The van der Waals surface area contributed by atoms with Crippen LogP contribution in [0.15, 0.2) is 12.2 Å². The fourth-order valence-electron chi connectivity index (χ4n) is 1.05. The van der Waals surface area contributed by atoms with E-state index in [1.807, 2.05) is 0 Å². The van der Waals surface area contributed by atoms with Crippen LogP contribution in [0.25, 0.3) is 0 Å². The van der Waals surface area contributed by atoms with E-state index < -0.39 is 23.9 Å². The number of unbranched alkanes of at least 4 members (excludes halogenated alkanes) is 3. The highest BCUT2D eigenvalue weighted by Gasteiger charge is 1.98. The highest BCUT2D eigenvalue weighted by Crippen LogP contribution is 2.04. The molecular weight excluding hydrogens is 272 g/mol. The molecule has 20 heavy (non-hydrogen) atoms. The van der Waals surface area contributed by atoms with Crippen molar-refractivity contribution in [1.29, 1.82) is 0 Å². The van der Waals surface area contributed by atoms with Crippen LogP contribution in [-0.4, -0.2) is 44.3 Å². The summed E-state index contributed by atoms with van der Waals surface area (Å²) in [7, 11) is 0. The van der Waals surface area contributed by atoms with Gasteiger partial charge in [0.05, 0.1) is 0 Å². The molecule has 0 aromatic heterocycles. The van der Waals surface area contributed by atoms with E-state index in [9.17, 15) is 19.2 Å². The summed E-state index contributed by atoms with van der Waals surface area (Å²) in [5.74, 6) is -4.08. The highest BCUT2D eigenvalue weighted by atomic mass is 16.4. The van der Waals surface area contributed by atoms with Crippen molar-refractivity contribution < 1.29 is 39.6 Å². The Labute approximate surface area is 115 Å². The quantitative estimate of drug-likeness (QED) is 0.365. The Bertz CT molecular complexity index is 324. The first kappa shape index (κ1) is 19.9. The third-order valence-corrected chi connectivity index (χ3v) is 1.90. The third kappa shape index (κ3) is 24.7. The largest absolute Gasteiger partial charge is 0.481 e. The molecule has 4 N–H and O–H groups in total. The fourth-order valence-corrected chi connectivity index (χ4v) is 1.05. The lowest BCUT2D eigenvalue weighted by molar-refractivity contribution is -0.138. The molecule has 0 spiro atoms. The van der Waals surface area contributed by atoms with Crippen LogP contribution in [0.1, 0.15) is 38.5 Å². The van der Waals surface area contributed by atoms with Crippen molar-refractivity contribution in [3.63, 3.8) is 0 Å². The van der Waals surface area contributed by atoms with Crippen molar-refractivity contribution in [3.8, 4) is 0 Å². The molecule has 0 aliphatic heterocycles. The molecule has 0 saturated heterocycles. The zero-order chi connectivity index (χ0) is 16.0. The van der Waals surface area contributed by atoms with E-state index in [1.165, 1.54) is 0 Å². The van der Waals surface area contributed by atoms with Gasteiger partial charge in [0.1, 0.15) is 0 Å². The molecule has 0 bridgehead atoms. The Morgan fingerprint density at radius 3 is 1.10 bits per heavy atom. The summed E-state index contributed by atoms with van der Waals surface area (Å²) < 4.78 is 0. The van der Waals surface area contributed by atoms with Crippen LogP contribution in [0, 0.1) is 0 Å². The number of carboxylic acids is 4. The Morgan fingerprint density at radius 1 is 0.600 bits per heavy atom. The highest BCUT2D eigenvalue weighted by molar-refractivity contribution is 5.89. The molecule has 0 aliphatic carbocycles. The normalized spacial score (nSPS) is 9.60. The molecule has 0 heterocycles. The van der Waals surface area contributed by atoms with Gasteiger partial charge in [-0.05, 0) is 12.8 Å². The lowest BCUT2D eigenvalue weighted by Gasteiger charge is -1.96. The number of carbonyl (C=O) groups is 4. The molecule has 0 fully saturated rings. The first-order chi connectivity index (χ1) is 9.25. The van der Waals surface area contributed by atoms with Crippen molar-refractivity contribution in [1.82, 2.24) is 0 Å². The SMILES string of the molecule is O=C(O)C=CC(=O)O.O=C(O)CCCCCCC(=O)O. The van der Waals surface area contributed by atoms with Gasteiger partial charge in [-0.2, -0.15) is 0 Å². The number of aliphatic carboxylic acids is 4. The van der Waals surface area contributed by atoms with Crippen molar-refractivity contribution in [2.75, 3.05) is 0 Å². The molecule has 0 unspecified atom stereocenters. The average molecular weight is 290 g/mol. The summed E-state index contributed by atoms with van der Waals surface area (Å²) in [4.78, 5) is 39.2. The van der Waals surface area contributed by atoms with Gasteiger partial charge < -0.3 is 20.4 Å². The minimum absolute atomic E-state index is 0.188. The predicted octanol–water partition coefficient (Wildman–Crippen LogP) is 1.21. The van der Waals surface area contributed by atoms with Gasteiger partial charge >= 0.3 is 23.9 Å². The molecule has 0 amide bonds. The van der Waals surface area contributed by atoms with E-state index in [2.05, 4.69) is 0 Å². The number of hydrogen-bond donors (Lipinski definition) is 4. The second-order valence-corrected chi connectivity index (χ2v) is 3.71. The first-order valence-electron chi connectivity index (χ1n) is 5.83. The molecule has 0 rings (SSSR count). The monoisotopic (exact) mass is 290 g/mol. The van der Waals surface area contributed by atoms with E-state index in [1.54, 1.807) is 0 Å². The van der Waals surface area contributed by atoms with Crippen LogP contribution >= 0.6 is 0 Å². The molecular formula is C12H18O8. The number of rotatable bonds is 9. The Balaban J connectivity index is 0. The van der Waals surface area contributed by atoms with Crippen LogP contribution in [0.2, 0.25) is 0 Å². The second kappa shape index (κ2) is 13.1. The molecule has 0 atom stereocenters. The number of hydrogen-bond acceptors (Lipinski definition) is 4. The van der Waals surface area contributed by atoms with Crippen LogP contribution in [0.4, 0.5) is 0 Å². The second-order valence-electron chi connectivity index (χ2n) is 3.71. The zero-order valence-electron chi connectivity index (χ0n) is 10.8. The summed E-state index contributed by atoms with van der Waals surface area (Å²) >= 11 is 0. The zero-order valence-corrected chi connectivity index (χ0v) is 10.8. The molecule has 0 saturated carbocycles.